The van der Waals surface area contributed by atoms with Crippen molar-refractivity contribution >= 4 is 32.7 Å². The Kier molecular flexibility index (Phi) is 11.8. The van der Waals surface area contributed by atoms with Crippen LogP contribution < -0.4 is 21.1 Å². The molecule has 244 valence electrons. The summed E-state index contributed by atoms with van der Waals surface area (Å²) >= 11 is 0. The Bertz CT molecular complexity index is 1460. The summed E-state index contributed by atoms with van der Waals surface area (Å²) in [5.41, 5.74) is 3.01. The molecule has 1 aliphatic carbocycles. The van der Waals surface area contributed by atoms with Crippen molar-refractivity contribution in [2.45, 2.75) is 63.2 Å². The lowest BCUT2D eigenvalue weighted by Crippen LogP contribution is -2.32. The SMILES string of the molecule is C.NCCCCNc1nc(NCC2CCC(CNS(=O)(=O)c3cc(C(F)(F)F)cc(C(F)(F)F)c3)CC2)nc2ccccc12. The standard InChI is InChI=1S/C28H34F6N6O2S.CH4/c29-27(30,31)20-13-21(28(32,33)34)15-22(14-20)43(41,42)38-17-19-9-7-18(8-10-19)16-37-26-39-24-6-2-1-5-23(24)25(40-26)36-12-4-3-11-35;/h1-2,5-6,13-15,18-19,38H,3-4,7-12,16-17,35H2,(H2,36,37,39,40);1H4. The molecule has 0 unspecified atom stereocenters. The number of para-hydroxylation sites is 1. The number of alkyl halides is 6. The average molecular weight is 649 g/mol. The first-order chi connectivity index (χ1) is 20.3. The third kappa shape index (κ3) is 9.41. The van der Waals surface area contributed by atoms with Crippen molar-refractivity contribution in [1.29, 1.82) is 0 Å². The highest BCUT2D eigenvalue weighted by Crippen LogP contribution is 2.37. The van der Waals surface area contributed by atoms with E-state index in [9.17, 15) is 34.8 Å². The van der Waals surface area contributed by atoms with Gasteiger partial charge in [-0.05, 0) is 87.2 Å². The van der Waals surface area contributed by atoms with Gasteiger partial charge in [0, 0.05) is 25.0 Å². The Morgan fingerprint density at radius 3 is 2.00 bits per heavy atom. The van der Waals surface area contributed by atoms with Crippen molar-refractivity contribution in [1.82, 2.24) is 14.7 Å². The van der Waals surface area contributed by atoms with E-state index in [1.165, 1.54) is 0 Å². The lowest BCUT2D eigenvalue weighted by atomic mass is 9.82. The van der Waals surface area contributed by atoms with Gasteiger partial charge in [0.15, 0.2) is 0 Å². The van der Waals surface area contributed by atoms with Gasteiger partial charge in [0.25, 0.3) is 0 Å². The number of sulfonamides is 1. The summed E-state index contributed by atoms with van der Waals surface area (Å²) in [6.45, 7) is 1.84. The van der Waals surface area contributed by atoms with Gasteiger partial charge in [-0.3, -0.25) is 0 Å². The molecule has 44 heavy (non-hydrogen) atoms. The predicted molar refractivity (Wildman–Crippen MR) is 159 cm³/mol. The van der Waals surface area contributed by atoms with Crippen LogP contribution in [0.15, 0.2) is 47.4 Å². The van der Waals surface area contributed by atoms with Crippen LogP contribution in [0.1, 0.15) is 57.1 Å². The number of hydrogen-bond acceptors (Lipinski definition) is 7. The average Bonchev–Trinajstić information content (AvgIpc) is 2.96. The van der Waals surface area contributed by atoms with E-state index in [1.54, 1.807) is 0 Å². The molecule has 5 N–H and O–H groups in total. The zero-order valence-corrected chi connectivity index (χ0v) is 24.0. The number of nitrogens with zero attached hydrogens (tertiary/aromatic N) is 2. The van der Waals surface area contributed by atoms with Gasteiger partial charge in [-0.15, -0.1) is 0 Å². The van der Waals surface area contributed by atoms with Gasteiger partial charge in [0.1, 0.15) is 5.82 Å². The molecule has 0 atom stereocenters. The molecule has 4 rings (SSSR count). The van der Waals surface area contributed by atoms with Gasteiger partial charge >= 0.3 is 12.4 Å². The molecule has 0 amide bonds. The molecular formula is C29H38F6N6O2S. The number of benzene rings is 2. The number of hydrogen-bond donors (Lipinski definition) is 4. The Hall–Kier alpha value is -3.17. The minimum Gasteiger partial charge on any atom is -0.369 e. The van der Waals surface area contributed by atoms with E-state index < -0.39 is 38.4 Å². The van der Waals surface area contributed by atoms with Crippen LogP contribution in [0.25, 0.3) is 10.9 Å². The van der Waals surface area contributed by atoms with E-state index in [4.69, 9.17) is 5.73 Å². The predicted octanol–water partition coefficient (Wildman–Crippen LogP) is 6.65. The largest absolute Gasteiger partial charge is 0.416 e. The molecule has 0 radical (unpaired) electrons. The Labute approximate surface area is 253 Å². The Morgan fingerprint density at radius 2 is 1.41 bits per heavy atom. The maximum Gasteiger partial charge on any atom is 0.416 e. The summed E-state index contributed by atoms with van der Waals surface area (Å²) in [5.74, 6) is 1.35. The fraction of sp³-hybridized carbons (Fsp3) is 0.517. The number of rotatable bonds is 12. The van der Waals surface area contributed by atoms with Crippen LogP contribution in [-0.4, -0.2) is 44.6 Å². The fourth-order valence-electron chi connectivity index (χ4n) is 5.03. The van der Waals surface area contributed by atoms with Crippen LogP contribution in [-0.2, 0) is 22.4 Å². The van der Waals surface area contributed by atoms with Crippen LogP contribution in [0.4, 0.5) is 38.1 Å². The summed E-state index contributed by atoms with van der Waals surface area (Å²) in [5, 5.41) is 7.56. The van der Waals surface area contributed by atoms with E-state index in [0.717, 1.165) is 48.9 Å². The van der Waals surface area contributed by atoms with Crippen molar-refractivity contribution < 1.29 is 34.8 Å². The highest BCUT2D eigenvalue weighted by molar-refractivity contribution is 7.89. The second-order valence-corrected chi connectivity index (χ2v) is 12.5. The molecule has 2 aromatic carbocycles. The van der Waals surface area contributed by atoms with Crippen molar-refractivity contribution in [3.05, 3.63) is 53.6 Å². The minimum atomic E-state index is -5.14. The Morgan fingerprint density at radius 1 is 0.818 bits per heavy atom. The van der Waals surface area contributed by atoms with E-state index in [1.807, 2.05) is 24.3 Å². The molecule has 0 aliphatic heterocycles. The second kappa shape index (κ2) is 14.7. The first kappa shape index (κ1) is 35.3. The number of anilines is 2. The first-order valence-corrected chi connectivity index (χ1v) is 15.5. The number of nitrogens with two attached hydrogens (primary N) is 1. The van der Waals surface area contributed by atoms with Gasteiger partial charge < -0.3 is 16.4 Å². The lowest BCUT2D eigenvalue weighted by Gasteiger charge is -2.28. The first-order valence-electron chi connectivity index (χ1n) is 14.0. The molecule has 15 heteroatoms. The summed E-state index contributed by atoms with van der Waals surface area (Å²) < 4.78 is 107. The van der Waals surface area contributed by atoms with Gasteiger partial charge in [0.05, 0.1) is 21.5 Å². The monoisotopic (exact) mass is 648 g/mol. The van der Waals surface area contributed by atoms with Crippen LogP contribution in [0.5, 0.6) is 0 Å². The van der Waals surface area contributed by atoms with E-state index in [2.05, 4.69) is 25.3 Å². The highest BCUT2D eigenvalue weighted by atomic mass is 32.2. The molecular weight excluding hydrogens is 610 g/mol. The van der Waals surface area contributed by atoms with Crippen LogP contribution in [0, 0.1) is 11.8 Å². The van der Waals surface area contributed by atoms with E-state index in [0.29, 0.717) is 31.9 Å². The fourth-order valence-corrected chi connectivity index (χ4v) is 6.22. The van der Waals surface area contributed by atoms with Crippen molar-refractivity contribution in [2.75, 3.05) is 36.8 Å². The molecule has 0 spiro atoms. The van der Waals surface area contributed by atoms with Crippen molar-refractivity contribution in [3.8, 4) is 0 Å². The third-order valence-corrected chi connectivity index (χ3v) is 8.88. The molecule has 8 nitrogen and oxygen atoms in total. The summed E-state index contributed by atoms with van der Waals surface area (Å²) in [6.07, 6.45) is -5.70. The number of aromatic nitrogens is 2. The number of halogens is 6. The minimum absolute atomic E-state index is 0. The zero-order valence-electron chi connectivity index (χ0n) is 23.2. The second-order valence-electron chi connectivity index (χ2n) is 10.7. The topological polar surface area (TPSA) is 122 Å². The number of nitrogens with one attached hydrogen (secondary N) is 3. The third-order valence-electron chi connectivity index (χ3n) is 7.48. The normalized spacial score (nSPS) is 17.7. The molecule has 1 aliphatic rings. The van der Waals surface area contributed by atoms with Crippen LogP contribution in [0.3, 0.4) is 0 Å². The Balaban J connectivity index is 0.00000529. The van der Waals surface area contributed by atoms with Gasteiger partial charge in [-0.1, -0.05) is 19.6 Å². The molecule has 1 heterocycles. The molecule has 1 saturated carbocycles. The quantitative estimate of drug-likeness (QED) is 0.128. The molecule has 3 aromatic rings. The highest BCUT2D eigenvalue weighted by Gasteiger charge is 2.38. The maximum atomic E-state index is 13.2. The maximum absolute atomic E-state index is 13.2. The van der Waals surface area contributed by atoms with E-state index >= 15 is 0 Å². The smallest absolute Gasteiger partial charge is 0.369 e. The van der Waals surface area contributed by atoms with Gasteiger partial charge in [0.2, 0.25) is 16.0 Å². The van der Waals surface area contributed by atoms with E-state index in [-0.39, 0.29) is 44.0 Å². The summed E-state index contributed by atoms with van der Waals surface area (Å²) in [7, 11) is -4.61. The van der Waals surface area contributed by atoms with Crippen LogP contribution in [0.2, 0.25) is 0 Å². The molecule has 0 saturated heterocycles. The number of unbranched alkanes of at least 4 members (excludes halogenated alkanes) is 1. The molecule has 1 aromatic heterocycles. The lowest BCUT2D eigenvalue weighted by molar-refractivity contribution is -0.143. The van der Waals surface area contributed by atoms with Crippen molar-refractivity contribution in [3.63, 3.8) is 0 Å². The molecule has 1 fully saturated rings. The molecule has 0 bridgehead atoms. The number of fused-ring (bicyclic) bond motifs is 1. The summed E-state index contributed by atoms with van der Waals surface area (Å²) in [6, 6.07) is 8.01. The van der Waals surface area contributed by atoms with Gasteiger partial charge in [-0.2, -0.15) is 31.3 Å². The summed E-state index contributed by atoms with van der Waals surface area (Å²) in [4.78, 5) is 8.18. The van der Waals surface area contributed by atoms with Crippen molar-refractivity contribution in [2.24, 2.45) is 17.6 Å². The zero-order chi connectivity index (χ0) is 31.3. The van der Waals surface area contributed by atoms with Gasteiger partial charge in [-0.25, -0.2) is 18.1 Å². The van der Waals surface area contributed by atoms with Crippen LogP contribution >= 0.6 is 0 Å².